The Balaban J connectivity index is 2.30. The van der Waals surface area contributed by atoms with Crippen LogP contribution in [0.1, 0.15) is 24.1 Å². The highest BCUT2D eigenvalue weighted by atomic mass is 79.9. The standard InChI is InChI=1S/C16H16BrCl2N/c1-11(12-3-5-14(18)6-4-12)20(2)16-8-7-15(19)9-13(16)10-17/h3-9,11H,10H2,1-2H3. The van der Waals surface area contributed by atoms with Gasteiger partial charge in [0.05, 0.1) is 6.04 Å². The lowest BCUT2D eigenvalue weighted by molar-refractivity contribution is 0.737. The lowest BCUT2D eigenvalue weighted by Gasteiger charge is -2.29. The maximum Gasteiger partial charge on any atom is 0.0511 e. The quantitative estimate of drug-likeness (QED) is 0.587. The average Bonchev–Trinajstić information content (AvgIpc) is 2.46. The van der Waals surface area contributed by atoms with Crippen molar-refractivity contribution >= 4 is 44.8 Å². The number of nitrogens with zero attached hydrogens (tertiary/aromatic N) is 1. The molecule has 2 aromatic carbocycles. The first kappa shape index (κ1) is 15.7. The van der Waals surface area contributed by atoms with Crippen LogP contribution in [0.25, 0.3) is 0 Å². The molecule has 4 heteroatoms. The lowest BCUT2D eigenvalue weighted by Crippen LogP contribution is -2.22. The van der Waals surface area contributed by atoms with Gasteiger partial charge in [-0.1, -0.05) is 51.3 Å². The van der Waals surface area contributed by atoms with E-state index in [2.05, 4.69) is 53.0 Å². The van der Waals surface area contributed by atoms with E-state index >= 15 is 0 Å². The molecule has 1 unspecified atom stereocenters. The van der Waals surface area contributed by atoms with Gasteiger partial charge in [-0.2, -0.15) is 0 Å². The first-order chi connectivity index (χ1) is 9.52. The van der Waals surface area contributed by atoms with E-state index in [-0.39, 0.29) is 6.04 Å². The Kier molecular flexibility index (Phi) is 5.36. The molecule has 0 aliphatic carbocycles. The smallest absolute Gasteiger partial charge is 0.0511 e. The minimum absolute atomic E-state index is 0.256. The van der Waals surface area contributed by atoms with Crippen LogP contribution in [0, 0.1) is 0 Å². The number of hydrogen-bond donors (Lipinski definition) is 0. The van der Waals surface area contributed by atoms with E-state index in [0.29, 0.717) is 0 Å². The summed E-state index contributed by atoms with van der Waals surface area (Å²) in [6.45, 7) is 2.18. The Morgan fingerprint density at radius 3 is 2.25 bits per heavy atom. The van der Waals surface area contributed by atoms with Crippen molar-refractivity contribution in [3.63, 3.8) is 0 Å². The summed E-state index contributed by atoms with van der Waals surface area (Å²) in [5.41, 5.74) is 3.59. The van der Waals surface area contributed by atoms with Crippen LogP contribution in [0.4, 0.5) is 5.69 Å². The van der Waals surface area contributed by atoms with Gasteiger partial charge in [0.15, 0.2) is 0 Å². The predicted octanol–water partition coefficient (Wildman–Crippen LogP) is 6.09. The zero-order valence-electron chi connectivity index (χ0n) is 11.4. The molecule has 2 rings (SSSR count). The van der Waals surface area contributed by atoms with E-state index in [1.54, 1.807) is 0 Å². The maximum absolute atomic E-state index is 6.06. The Morgan fingerprint density at radius 2 is 1.65 bits per heavy atom. The number of benzene rings is 2. The molecule has 0 radical (unpaired) electrons. The summed E-state index contributed by atoms with van der Waals surface area (Å²) >= 11 is 15.5. The summed E-state index contributed by atoms with van der Waals surface area (Å²) in [6.07, 6.45) is 0. The minimum atomic E-state index is 0.256. The molecule has 0 amide bonds. The third-order valence-electron chi connectivity index (χ3n) is 3.50. The third kappa shape index (κ3) is 3.49. The van der Waals surface area contributed by atoms with Crippen LogP contribution in [-0.4, -0.2) is 7.05 Å². The second kappa shape index (κ2) is 6.84. The third-order valence-corrected chi connectivity index (χ3v) is 4.59. The molecule has 2 aromatic rings. The van der Waals surface area contributed by atoms with Gasteiger partial charge >= 0.3 is 0 Å². The average molecular weight is 373 g/mol. The van der Waals surface area contributed by atoms with Crippen LogP contribution in [0.5, 0.6) is 0 Å². The van der Waals surface area contributed by atoms with Gasteiger partial charge in [0.25, 0.3) is 0 Å². The Labute approximate surface area is 138 Å². The number of alkyl halides is 1. The first-order valence-electron chi connectivity index (χ1n) is 6.35. The number of anilines is 1. The second-order valence-corrected chi connectivity index (χ2v) is 6.18. The van der Waals surface area contributed by atoms with Crippen LogP contribution in [0.15, 0.2) is 42.5 Å². The summed E-state index contributed by atoms with van der Waals surface area (Å²) in [7, 11) is 2.09. The van der Waals surface area contributed by atoms with Crippen molar-refractivity contribution in [3.8, 4) is 0 Å². The van der Waals surface area contributed by atoms with E-state index in [9.17, 15) is 0 Å². The van der Waals surface area contributed by atoms with Gasteiger partial charge in [-0.25, -0.2) is 0 Å². The maximum atomic E-state index is 6.06. The van der Waals surface area contributed by atoms with Gasteiger partial charge in [-0.3, -0.25) is 0 Å². The molecular formula is C16H16BrCl2N. The Morgan fingerprint density at radius 1 is 1.05 bits per heavy atom. The van der Waals surface area contributed by atoms with Crippen molar-refractivity contribution < 1.29 is 0 Å². The second-order valence-electron chi connectivity index (χ2n) is 4.75. The summed E-state index contributed by atoms with van der Waals surface area (Å²) in [4.78, 5) is 2.25. The monoisotopic (exact) mass is 371 g/mol. The van der Waals surface area contributed by atoms with Crippen LogP contribution in [-0.2, 0) is 5.33 Å². The fraction of sp³-hybridized carbons (Fsp3) is 0.250. The van der Waals surface area contributed by atoms with Gasteiger partial charge < -0.3 is 4.90 Å². The molecule has 0 N–H and O–H groups in total. The number of halogens is 3. The topological polar surface area (TPSA) is 3.24 Å². The fourth-order valence-electron chi connectivity index (χ4n) is 2.18. The van der Waals surface area contributed by atoms with E-state index in [1.165, 1.54) is 16.8 Å². The van der Waals surface area contributed by atoms with Gasteiger partial charge in [-0.15, -0.1) is 0 Å². The van der Waals surface area contributed by atoms with Crippen molar-refractivity contribution in [1.82, 2.24) is 0 Å². The highest BCUT2D eigenvalue weighted by Gasteiger charge is 2.15. The van der Waals surface area contributed by atoms with Gasteiger partial charge in [0.1, 0.15) is 0 Å². The molecule has 0 saturated carbocycles. The van der Waals surface area contributed by atoms with Crippen LogP contribution >= 0.6 is 39.1 Å². The molecule has 0 spiro atoms. The van der Waals surface area contributed by atoms with Crippen LogP contribution in [0.2, 0.25) is 10.0 Å². The van der Waals surface area contributed by atoms with Gasteiger partial charge in [0, 0.05) is 28.1 Å². The molecular weight excluding hydrogens is 357 g/mol. The largest absolute Gasteiger partial charge is 0.368 e. The molecule has 1 nitrogen and oxygen atoms in total. The fourth-order valence-corrected chi connectivity index (χ4v) is 2.95. The zero-order chi connectivity index (χ0) is 14.7. The molecule has 0 heterocycles. The summed E-state index contributed by atoms with van der Waals surface area (Å²) in [5.74, 6) is 0. The zero-order valence-corrected chi connectivity index (χ0v) is 14.5. The molecule has 0 aliphatic rings. The molecule has 0 aromatic heterocycles. The van der Waals surface area contributed by atoms with E-state index < -0.39 is 0 Å². The Bertz CT molecular complexity index is 584. The summed E-state index contributed by atoms with van der Waals surface area (Å²) in [5, 5.41) is 2.30. The molecule has 0 saturated heterocycles. The van der Waals surface area contributed by atoms with Gasteiger partial charge in [-0.05, 0) is 48.4 Å². The number of hydrogen-bond acceptors (Lipinski definition) is 1. The molecule has 0 bridgehead atoms. The van der Waals surface area contributed by atoms with Crippen molar-refractivity contribution in [1.29, 1.82) is 0 Å². The molecule has 0 aliphatic heterocycles. The number of rotatable bonds is 4. The SMILES string of the molecule is CC(c1ccc(Cl)cc1)N(C)c1ccc(Cl)cc1CBr. The summed E-state index contributed by atoms with van der Waals surface area (Å²) < 4.78 is 0. The van der Waals surface area contributed by atoms with Crippen molar-refractivity contribution in [3.05, 3.63) is 63.6 Å². The first-order valence-corrected chi connectivity index (χ1v) is 8.23. The van der Waals surface area contributed by atoms with Crippen molar-refractivity contribution in [2.75, 3.05) is 11.9 Å². The lowest BCUT2D eigenvalue weighted by atomic mass is 10.1. The van der Waals surface area contributed by atoms with Gasteiger partial charge in [0.2, 0.25) is 0 Å². The molecule has 0 fully saturated rings. The minimum Gasteiger partial charge on any atom is -0.368 e. The summed E-state index contributed by atoms with van der Waals surface area (Å²) in [6, 6.07) is 14.2. The Hall–Kier alpha value is -0.700. The van der Waals surface area contributed by atoms with Crippen molar-refractivity contribution in [2.24, 2.45) is 0 Å². The molecule has 106 valence electrons. The normalized spacial score (nSPS) is 12.2. The highest BCUT2D eigenvalue weighted by molar-refractivity contribution is 9.08. The predicted molar refractivity (Wildman–Crippen MR) is 92.4 cm³/mol. The van der Waals surface area contributed by atoms with E-state index in [4.69, 9.17) is 23.2 Å². The van der Waals surface area contributed by atoms with Crippen molar-refractivity contribution in [2.45, 2.75) is 18.3 Å². The van der Waals surface area contributed by atoms with Crippen LogP contribution in [0.3, 0.4) is 0 Å². The molecule has 1 atom stereocenters. The highest BCUT2D eigenvalue weighted by Crippen LogP contribution is 2.31. The van der Waals surface area contributed by atoms with E-state index in [1.807, 2.05) is 24.3 Å². The van der Waals surface area contributed by atoms with E-state index in [0.717, 1.165) is 15.4 Å². The van der Waals surface area contributed by atoms with Crippen LogP contribution < -0.4 is 4.90 Å². The molecule has 20 heavy (non-hydrogen) atoms.